The molecule has 1 aromatic rings. The zero-order valence-corrected chi connectivity index (χ0v) is 12.3. The van der Waals surface area contributed by atoms with Crippen molar-refractivity contribution in [3.8, 4) is 0 Å². The molecule has 0 amide bonds. The predicted octanol–water partition coefficient (Wildman–Crippen LogP) is 3.55. The van der Waals surface area contributed by atoms with Crippen LogP contribution in [0.2, 0.25) is 0 Å². The third kappa shape index (κ3) is 3.46. The van der Waals surface area contributed by atoms with Gasteiger partial charge in [-0.1, -0.05) is 22.0 Å². The van der Waals surface area contributed by atoms with Gasteiger partial charge in [-0.15, -0.1) is 0 Å². The first-order valence-electron chi connectivity index (χ1n) is 6.51. The van der Waals surface area contributed by atoms with Crippen molar-refractivity contribution in [1.82, 2.24) is 5.32 Å². The van der Waals surface area contributed by atoms with E-state index in [1.54, 1.807) is 0 Å². The molecule has 0 radical (unpaired) electrons. The maximum atomic E-state index is 3.59. The number of benzene rings is 1. The first kappa shape index (κ1) is 12.9. The summed E-state index contributed by atoms with van der Waals surface area (Å²) in [6, 6.07) is 7.37. The van der Waals surface area contributed by atoms with Gasteiger partial charge in [-0.05, 0) is 44.4 Å². The fraction of sp³-hybridized carbons (Fsp3) is 0.571. The minimum absolute atomic E-state index is 0.767. The van der Waals surface area contributed by atoms with Crippen molar-refractivity contribution >= 4 is 21.6 Å². The van der Waals surface area contributed by atoms with Crippen LogP contribution in [0.15, 0.2) is 22.7 Å². The minimum Gasteiger partial charge on any atom is -0.372 e. The number of hydrogen-bond acceptors (Lipinski definition) is 2. The lowest BCUT2D eigenvalue weighted by Gasteiger charge is -2.24. The van der Waals surface area contributed by atoms with Crippen molar-refractivity contribution in [2.75, 3.05) is 18.0 Å². The van der Waals surface area contributed by atoms with Gasteiger partial charge < -0.3 is 10.2 Å². The van der Waals surface area contributed by atoms with Crippen LogP contribution < -0.4 is 10.2 Å². The molecule has 1 N–H and O–H groups in total. The molecule has 1 aliphatic carbocycles. The van der Waals surface area contributed by atoms with Gasteiger partial charge in [-0.25, -0.2) is 0 Å². The molecule has 17 heavy (non-hydrogen) atoms. The standard InChI is InChI=1S/C14H21BrN2/c1-3-17(4-2)14-9-12(15)6-5-11(14)10-16-13-7-8-13/h5-6,9,13,16H,3-4,7-8,10H2,1-2H3. The van der Waals surface area contributed by atoms with Crippen molar-refractivity contribution in [2.45, 2.75) is 39.3 Å². The molecule has 0 bridgehead atoms. The van der Waals surface area contributed by atoms with E-state index < -0.39 is 0 Å². The van der Waals surface area contributed by atoms with Crippen LogP contribution in [0.1, 0.15) is 32.3 Å². The fourth-order valence-electron chi connectivity index (χ4n) is 2.09. The smallest absolute Gasteiger partial charge is 0.0422 e. The van der Waals surface area contributed by atoms with Gasteiger partial charge >= 0.3 is 0 Å². The summed E-state index contributed by atoms with van der Waals surface area (Å²) in [5.74, 6) is 0. The van der Waals surface area contributed by atoms with E-state index >= 15 is 0 Å². The number of rotatable bonds is 6. The summed E-state index contributed by atoms with van der Waals surface area (Å²) < 4.78 is 1.16. The number of anilines is 1. The van der Waals surface area contributed by atoms with Gasteiger partial charge in [0.25, 0.3) is 0 Å². The summed E-state index contributed by atoms with van der Waals surface area (Å²) in [6.07, 6.45) is 2.69. The number of hydrogen-bond donors (Lipinski definition) is 1. The average Bonchev–Trinajstić information content (AvgIpc) is 3.13. The summed E-state index contributed by atoms with van der Waals surface area (Å²) in [5, 5.41) is 3.59. The Hall–Kier alpha value is -0.540. The average molecular weight is 297 g/mol. The molecule has 0 aromatic heterocycles. The molecule has 1 fully saturated rings. The molecule has 0 saturated heterocycles. The Morgan fingerprint density at radius 3 is 2.59 bits per heavy atom. The predicted molar refractivity (Wildman–Crippen MR) is 77.6 cm³/mol. The van der Waals surface area contributed by atoms with Crippen molar-refractivity contribution in [1.29, 1.82) is 0 Å². The van der Waals surface area contributed by atoms with Gasteiger partial charge in [0.1, 0.15) is 0 Å². The maximum Gasteiger partial charge on any atom is 0.0422 e. The molecule has 94 valence electrons. The first-order chi connectivity index (χ1) is 8.24. The lowest BCUT2D eigenvalue weighted by atomic mass is 10.1. The highest BCUT2D eigenvalue weighted by atomic mass is 79.9. The van der Waals surface area contributed by atoms with Gasteiger partial charge in [0, 0.05) is 35.8 Å². The van der Waals surface area contributed by atoms with E-state index in [2.05, 4.69) is 58.2 Å². The summed E-state index contributed by atoms with van der Waals surface area (Å²) >= 11 is 3.57. The molecule has 0 heterocycles. The summed E-state index contributed by atoms with van der Waals surface area (Å²) in [7, 11) is 0. The lowest BCUT2D eigenvalue weighted by Crippen LogP contribution is -2.25. The van der Waals surface area contributed by atoms with E-state index in [0.29, 0.717) is 0 Å². The molecular weight excluding hydrogens is 276 g/mol. The Labute approximate surface area is 113 Å². The van der Waals surface area contributed by atoms with Crippen LogP contribution in [0.4, 0.5) is 5.69 Å². The van der Waals surface area contributed by atoms with Crippen LogP contribution in [0.25, 0.3) is 0 Å². The SMILES string of the molecule is CCN(CC)c1cc(Br)ccc1CNC1CC1. The van der Waals surface area contributed by atoms with Crippen LogP contribution in [0, 0.1) is 0 Å². The van der Waals surface area contributed by atoms with Crippen LogP contribution in [-0.4, -0.2) is 19.1 Å². The Bertz CT molecular complexity index is 370. The Morgan fingerprint density at radius 1 is 1.29 bits per heavy atom. The van der Waals surface area contributed by atoms with Crippen molar-refractivity contribution < 1.29 is 0 Å². The van der Waals surface area contributed by atoms with E-state index in [1.165, 1.54) is 24.1 Å². The Kier molecular flexibility index (Phi) is 4.46. The highest BCUT2D eigenvalue weighted by Crippen LogP contribution is 2.26. The summed E-state index contributed by atoms with van der Waals surface area (Å²) in [4.78, 5) is 2.41. The van der Waals surface area contributed by atoms with Gasteiger partial charge in [-0.2, -0.15) is 0 Å². The first-order valence-corrected chi connectivity index (χ1v) is 7.30. The van der Waals surface area contributed by atoms with E-state index in [9.17, 15) is 0 Å². The van der Waals surface area contributed by atoms with Gasteiger partial charge in [0.2, 0.25) is 0 Å². The number of nitrogens with zero attached hydrogens (tertiary/aromatic N) is 1. The molecule has 3 heteroatoms. The third-order valence-corrected chi connectivity index (χ3v) is 3.80. The second kappa shape index (κ2) is 5.87. The fourth-order valence-corrected chi connectivity index (χ4v) is 2.44. The normalized spacial score (nSPS) is 15.0. The van der Waals surface area contributed by atoms with Crippen LogP contribution in [0.3, 0.4) is 0 Å². The minimum atomic E-state index is 0.767. The Balaban J connectivity index is 2.15. The quantitative estimate of drug-likeness (QED) is 0.864. The molecule has 2 nitrogen and oxygen atoms in total. The van der Waals surface area contributed by atoms with E-state index in [4.69, 9.17) is 0 Å². The van der Waals surface area contributed by atoms with Crippen LogP contribution in [-0.2, 0) is 6.54 Å². The number of nitrogens with one attached hydrogen (secondary N) is 1. The van der Waals surface area contributed by atoms with Gasteiger partial charge in [0.15, 0.2) is 0 Å². The second-order valence-electron chi connectivity index (χ2n) is 4.60. The van der Waals surface area contributed by atoms with Crippen molar-refractivity contribution in [3.63, 3.8) is 0 Å². The zero-order valence-electron chi connectivity index (χ0n) is 10.7. The zero-order chi connectivity index (χ0) is 12.3. The van der Waals surface area contributed by atoms with Crippen LogP contribution in [0.5, 0.6) is 0 Å². The summed E-state index contributed by atoms with van der Waals surface area (Å²) in [5.41, 5.74) is 2.77. The highest BCUT2D eigenvalue weighted by molar-refractivity contribution is 9.10. The molecule has 1 saturated carbocycles. The summed E-state index contributed by atoms with van der Waals surface area (Å²) in [6.45, 7) is 7.53. The highest BCUT2D eigenvalue weighted by Gasteiger charge is 2.20. The molecule has 2 rings (SSSR count). The third-order valence-electron chi connectivity index (χ3n) is 3.31. The molecule has 0 spiro atoms. The van der Waals surface area contributed by atoms with Gasteiger partial charge in [0.05, 0.1) is 0 Å². The van der Waals surface area contributed by atoms with Crippen molar-refractivity contribution in [3.05, 3.63) is 28.2 Å². The maximum absolute atomic E-state index is 3.59. The molecular formula is C14H21BrN2. The van der Waals surface area contributed by atoms with E-state index in [1.807, 2.05) is 0 Å². The topological polar surface area (TPSA) is 15.3 Å². The molecule has 0 atom stereocenters. The molecule has 0 unspecified atom stereocenters. The monoisotopic (exact) mass is 296 g/mol. The van der Waals surface area contributed by atoms with Gasteiger partial charge in [-0.3, -0.25) is 0 Å². The second-order valence-corrected chi connectivity index (χ2v) is 5.52. The van der Waals surface area contributed by atoms with E-state index in [0.717, 1.165) is 30.1 Å². The number of halogens is 1. The van der Waals surface area contributed by atoms with Crippen molar-refractivity contribution in [2.24, 2.45) is 0 Å². The Morgan fingerprint density at radius 2 is 2.00 bits per heavy atom. The lowest BCUT2D eigenvalue weighted by molar-refractivity contribution is 0.684. The molecule has 0 aliphatic heterocycles. The van der Waals surface area contributed by atoms with Crippen LogP contribution >= 0.6 is 15.9 Å². The molecule has 1 aromatic carbocycles. The van der Waals surface area contributed by atoms with E-state index in [-0.39, 0.29) is 0 Å². The molecule has 1 aliphatic rings. The largest absolute Gasteiger partial charge is 0.372 e.